The van der Waals surface area contributed by atoms with Crippen molar-refractivity contribution in [2.24, 2.45) is 11.1 Å². The molecule has 25 heavy (non-hydrogen) atoms. The molecule has 0 saturated carbocycles. The van der Waals surface area contributed by atoms with Gasteiger partial charge in [0.25, 0.3) is 5.41 Å². The van der Waals surface area contributed by atoms with Gasteiger partial charge in [-0.2, -0.15) is 0 Å². The molecular weight excluding hydrogens is 330 g/mol. The third-order valence-electron chi connectivity index (χ3n) is 3.60. The lowest BCUT2D eigenvalue weighted by atomic mass is 9.86. The first-order valence-electron chi connectivity index (χ1n) is 8.84. The lowest BCUT2D eigenvalue weighted by molar-refractivity contribution is -0.193. The Balaban J connectivity index is 5.47. The second-order valence-corrected chi connectivity index (χ2v) is 5.72. The molecule has 1 unspecified atom stereocenters. The summed E-state index contributed by atoms with van der Waals surface area (Å²) >= 11 is 0. The van der Waals surface area contributed by atoms with Crippen LogP contribution in [-0.2, 0) is 28.6 Å². The fourth-order valence-electron chi connectivity index (χ4n) is 1.88. The molecule has 0 saturated heterocycles. The molecular formula is C17H31NO7. The summed E-state index contributed by atoms with van der Waals surface area (Å²) in [6.07, 6.45) is 1.72. The number of nitrogens with two attached hydrogens (primary N) is 1. The molecule has 0 radical (unpaired) electrons. The predicted molar refractivity (Wildman–Crippen MR) is 90.2 cm³/mol. The van der Waals surface area contributed by atoms with E-state index in [1.807, 2.05) is 20.8 Å². The van der Waals surface area contributed by atoms with Crippen LogP contribution in [0.2, 0.25) is 0 Å². The van der Waals surface area contributed by atoms with Gasteiger partial charge in [-0.1, -0.05) is 40.0 Å². The molecule has 0 aromatic rings. The van der Waals surface area contributed by atoms with Crippen molar-refractivity contribution >= 4 is 17.9 Å². The molecule has 8 nitrogen and oxygen atoms in total. The summed E-state index contributed by atoms with van der Waals surface area (Å²) in [5, 5.41) is 9.92. The minimum absolute atomic E-state index is 0.00567. The van der Waals surface area contributed by atoms with Gasteiger partial charge in [-0.3, -0.25) is 14.4 Å². The van der Waals surface area contributed by atoms with E-state index in [9.17, 15) is 19.5 Å². The van der Waals surface area contributed by atoms with Gasteiger partial charge in [-0.05, 0) is 19.3 Å². The Morgan fingerprint density at radius 1 is 0.800 bits per heavy atom. The SMILES string of the molecule is CCCCOC(=O)C(C(=O)OCCCC)(C(=O)OCCCC)C(N)O. The monoisotopic (exact) mass is 361 g/mol. The van der Waals surface area contributed by atoms with E-state index in [-0.39, 0.29) is 19.8 Å². The number of ether oxygens (including phenoxy) is 3. The summed E-state index contributed by atoms with van der Waals surface area (Å²) in [5.74, 6) is -3.75. The van der Waals surface area contributed by atoms with Crippen LogP contribution >= 0.6 is 0 Å². The van der Waals surface area contributed by atoms with Crippen LogP contribution < -0.4 is 5.73 Å². The molecule has 146 valence electrons. The first-order chi connectivity index (χ1) is 11.9. The number of rotatable bonds is 13. The number of esters is 3. The Kier molecular flexibility index (Phi) is 11.8. The summed E-state index contributed by atoms with van der Waals surface area (Å²) in [6.45, 7) is 5.64. The normalized spacial score (nSPS) is 12.4. The van der Waals surface area contributed by atoms with E-state index in [0.717, 1.165) is 19.3 Å². The summed E-state index contributed by atoms with van der Waals surface area (Å²) in [7, 11) is 0. The zero-order chi connectivity index (χ0) is 19.3. The van der Waals surface area contributed by atoms with Crippen LogP contribution in [-0.4, -0.2) is 49.1 Å². The Hall–Kier alpha value is -1.67. The highest BCUT2D eigenvalue weighted by atomic mass is 16.6. The molecule has 0 aromatic carbocycles. The molecule has 0 rings (SSSR count). The van der Waals surface area contributed by atoms with Gasteiger partial charge in [0, 0.05) is 0 Å². The summed E-state index contributed by atoms with van der Waals surface area (Å²) < 4.78 is 15.0. The van der Waals surface area contributed by atoms with Crippen molar-refractivity contribution < 1.29 is 33.7 Å². The molecule has 0 aromatic heterocycles. The van der Waals surface area contributed by atoms with Crippen LogP contribution in [0.1, 0.15) is 59.3 Å². The molecule has 8 heteroatoms. The standard InChI is InChI=1S/C17H31NO7/c1-4-7-10-23-14(20)17(13(18)19,15(21)24-11-8-5-2)16(22)25-12-9-6-3/h13,19H,4-12,18H2,1-3H3. The van der Waals surface area contributed by atoms with Crippen LogP contribution in [0.5, 0.6) is 0 Å². The van der Waals surface area contributed by atoms with Crippen molar-refractivity contribution in [2.75, 3.05) is 19.8 Å². The molecule has 0 aliphatic heterocycles. The Morgan fingerprint density at radius 3 is 1.28 bits per heavy atom. The summed E-state index contributed by atoms with van der Waals surface area (Å²) in [4.78, 5) is 37.4. The van der Waals surface area contributed by atoms with Gasteiger partial charge in [0.15, 0.2) is 0 Å². The topological polar surface area (TPSA) is 125 Å². The third-order valence-corrected chi connectivity index (χ3v) is 3.60. The highest BCUT2D eigenvalue weighted by molar-refractivity contribution is 6.18. The minimum Gasteiger partial charge on any atom is -0.464 e. The second-order valence-electron chi connectivity index (χ2n) is 5.72. The molecule has 0 amide bonds. The van der Waals surface area contributed by atoms with Gasteiger partial charge >= 0.3 is 17.9 Å². The molecule has 0 aliphatic carbocycles. The first kappa shape index (κ1) is 23.3. The number of hydrogen-bond donors (Lipinski definition) is 2. The fraction of sp³-hybridized carbons (Fsp3) is 0.824. The van der Waals surface area contributed by atoms with Crippen molar-refractivity contribution in [2.45, 2.75) is 65.5 Å². The Labute approximate surface area is 149 Å². The lowest BCUT2D eigenvalue weighted by Gasteiger charge is -2.29. The quantitative estimate of drug-likeness (QED) is 0.165. The number of hydrogen-bond acceptors (Lipinski definition) is 8. The Bertz CT molecular complexity index is 368. The number of carbonyl (C=O) groups is 3. The lowest BCUT2D eigenvalue weighted by Crippen LogP contribution is -2.60. The van der Waals surface area contributed by atoms with E-state index in [1.165, 1.54) is 0 Å². The summed E-state index contributed by atoms with van der Waals surface area (Å²) in [5.41, 5.74) is 2.71. The largest absolute Gasteiger partial charge is 0.464 e. The maximum atomic E-state index is 12.5. The van der Waals surface area contributed by atoms with E-state index in [2.05, 4.69) is 0 Å². The van der Waals surface area contributed by atoms with Crippen LogP contribution in [0.15, 0.2) is 0 Å². The molecule has 1 atom stereocenters. The van der Waals surface area contributed by atoms with Crippen LogP contribution in [0.25, 0.3) is 0 Å². The molecule has 3 N–H and O–H groups in total. The predicted octanol–water partition coefficient (Wildman–Crippen LogP) is 1.28. The number of aliphatic hydroxyl groups is 1. The van der Waals surface area contributed by atoms with Gasteiger partial charge in [0.1, 0.15) is 6.23 Å². The molecule has 0 bridgehead atoms. The number of aliphatic hydroxyl groups excluding tert-OH is 1. The number of unbranched alkanes of at least 4 members (excludes halogenated alkanes) is 3. The van der Waals surface area contributed by atoms with Crippen molar-refractivity contribution in [1.29, 1.82) is 0 Å². The van der Waals surface area contributed by atoms with E-state index in [0.29, 0.717) is 19.3 Å². The van der Waals surface area contributed by atoms with E-state index in [1.54, 1.807) is 0 Å². The van der Waals surface area contributed by atoms with Gasteiger partial charge in [0.05, 0.1) is 19.8 Å². The zero-order valence-electron chi connectivity index (χ0n) is 15.4. The van der Waals surface area contributed by atoms with Gasteiger partial charge < -0.3 is 25.1 Å². The maximum absolute atomic E-state index is 12.5. The van der Waals surface area contributed by atoms with Crippen molar-refractivity contribution in [3.8, 4) is 0 Å². The second kappa shape index (κ2) is 12.7. The first-order valence-corrected chi connectivity index (χ1v) is 8.84. The van der Waals surface area contributed by atoms with Gasteiger partial charge in [-0.25, -0.2) is 0 Å². The highest BCUT2D eigenvalue weighted by Gasteiger charge is 2.62. The van der Waals surface area contributed by atoms with Crippen LogP contribution in [0, 0.1) is 5.41 Å². The fourth-order valence-corrected chi connectivity index (χ4v) is 1.88. The van der Waals surface area contributed by atoms with Crippen molar-refractivity contribution in [3.63, 3.8) is 0 Å². The van der Waals surface area contributed by atoms with E-state index < -0.39 is 29.6 Å². The number of carbonyl (C=O) groups excluding carboxylic acids is 3. The average molecular weight is 361 g/mol. The van der Waals surface area contributed by atoms with E-state index >= 15 is 0 Å². The minimum atomic E-state index is -2.73. The maximum Gasteiger partial charge on any atom is 0.339 e. The molecule has 0 fully saturated rings. The van der Waals surface area contributed by atoms with E-state index in [4.69, 9.17) is 19.9 Å². The van der Waals surface area contributed by atoms with Gasteiger partial charge in [0.2, 0.25) is 0 Å². The Morgan fingerprint density at radius 2 is 1.08 bits per heavy atom. The molecule has 0 spiro atoms. The zero-order valence-corrected chi connectivity index (χ0v) is 15.4. The molecule has 0 heterocycles. The van der Waals surface area contributed by atoms with Crippen molar-refractivity contribution in [3.05, 3.63) is 0 Å². The molecule has 0 aliphatic rings. The van der Waals surface area contributed by atoms with Crippen molar-refractivity contribution in [1.82, 2.24) is 0 Å². The van der Waals surface area contributed by atoms with Crippen LogP contribution in [0.3, 0.4) is 0 Å². The smallest absolute Gasteiger partial charge is 0.339 e. The highest BCUT2D eigenvalue weighted by Crippen LogP contribution is 2.27. The summed E-state index contributed by atoms with van der Waals surface area (Å²) in [6, 6.07) is 0. The van der Waals surface area contributed by atoms with Crippen LogP contribution in [0.4, 0.5) is 0 Å². The average Bonchev–Trinajstić information content (AvgIpc) is 2.56. The van der Waals surface area contributed by atoms with Gasteiger partial charge in [-0.15, -0.1) is 0 Å². The third kappa shape index (κ3) is 6.62.